The summed E-state index contributed by atoms with van der Waals surface area (Å²) in [7, 11) is -2.47. The van der Waals surface area contributed by atoms with Gasteiger partial charge in [-0.2, -0.15) is 0 Å². The van der Waals surface area contributed by atoms with Crippen LogP contribution in [0.5, 0.6) is 23.0 Å². The Kier molecular flexibility index (Phi) is 6.36. The number of hydrogen-bond acceptors (Lipinski definition) is 7. The number of rotatable bonds is 6. The summed E-state index contributed by atoms with van der Waals surface area (Å²) in [5.74, 6) is 1.69. The number of carbonyl (C=O) groups excluding carboxylic acids is 1. The Morgan fingerprint density at radius 2 is 1.78 bits per heavy atom. The van der Waals surface area contributed by atoms with Crippen LogP contribution in [-0.2, 0) is 14.8 Å². The van der Waals surface area contributed by atoms with Crippen molar-refractivity contribution >= 4 is 21.6 Å². The van der Waals surface area contributed by atoms with Crippen LogP contribution in [0.4, 0.5) is 5.69 Å². The molecule has 2 atom stereocenters. The molecule has 2 aliphatic heterocycles. The van der Waals surface area contributed by atoms with E-state index in [1.807, 2.05) is 25.1 Å². The van der Waals surface area contributed by atoms with Gasteiger partial charge in [-0.25, -0.2) is 8.42 Å². The molecule has 3 aromatic rings. The topological polar surface area (TPSA) is 103 Å². The highest BCUT2D eigenvalue weighted by Gasteiger charge is 2.38. The molecule has 0 aliphatic carbocycles. The number of anilines is 1. The molecule has 0 spiro atoms. The van der Waals surface area contributed by atoms with Gasteiger partial charge < -0.3 is 24.3 Å². The van der Waals surface area contributed by atoms with Gasteiger partial charge in [-0.15, -0.1) is 0 Å². The summed E-state index contributed by atoms with van der Waals surface area (Å²) in [6.45, 7) is 2.15. The number of nitrogens with one attached hydrogen (secondary N) is 1. The minimum Gasteiger partial charge on any atom is -0.497 e. The monoisotopic (exact) mass is 510 g/mol. The maximum Gasteiger partial charge on any atom is 0.264 e. The number of para-hydroxylation sites is 2. The first-order valence-electron chi connectivity index (χ1n) is 11.5. The maximum atomic E-state index is 13.6. The highest BCUT2D eigenvalue weighted by molar-refractivity contribution is 7.92. The van der Waals surface area contributed by atoms with E-state index in [2.05, 4.69) is 5.32 Å². The first-order valence-corrected chi connectivity index (χ1v) is 12.9. The largest absolute Gasteiger partial charge is 0.497 e. The zero-order valence-electron chi connectivity index (χ0n) is 19.8. The summed E-state index contributed by atoms with van der Waals surface area (Å²) < 4.78 is 51.1. The summed E-state index contributed by atoms with van der Waals surface area (Å²) in [4.78, 5) is 13.2. The minimum absolute atomic E-state index is 0.0855. The van der Waals surface area contributed by atoms with Gasteiger partial charge >= 0.3 is 0 Å². The molecule has 5 rings (SSSR count). The molecular weight excluding hydrogens is 484 g/mol. The van der Waals surface area contributed by atoms with Crippen LogP contribution in [0.1, 0.15) is 5.56 Å². The fourth-order valence-corrected chi connectivity index (χ4v) is 5.57. The van der Waals surface area contributed by atoms with Crippen LogP contribution in [0.25, 0.3) is 0 Å². The predicted octanol–water partition coefficient (Wildman–Crippen LogP) is 2.92. The highest BCUT2D eigenvalue weighted by Crippen LogP contribution is 2.38. The summed E-state index contributed by atoms with van der Waals surface area (Å²) in [5.41, 5.74) is 1.25. The number of hydrogen-bond donors (Lipinski definition) is 1. The number of aryl methyl sites for hydroxylation is 1. The number of amides is 1. The van der Waals surface area contributed by atoms with Crippen molar-refractivity contribution in [1.29, 1.82) is 0 Å². The zero-order valence-corrected chi connectivity index (χ0v) is 20.7. The molecular formula is C26H26N2O7S. The fourth-order valence-electron chi connectivity index (χ4n) is 4.09. The molecule has 0 bridgehead atoms. The van der Waals surface area contributed by atoms with Crippen molar-refractivity contribution in [1.82, 2.24) is 5.32 Å². The van der Waals surface area contributed by atoms with Crippen molar-refractivity contribution in [2.24, 2.45) is 0 Å². The van der Waals surface area contributed by atoms with Gasteiger partial charge in [-0.05, 0) is 61.0 Å². The van der Waals surface area contributed by atoms with Gasteiger partial charge in [0.25, 0.3) is 15.9 Å². The van der Waals surface area contributed by atoms with Gasteiger partial charge in [0.1, 0.15) is 24.2 Å². The number of methoxy groups -OCH3 is 1. The summed E-state index contributed by atoms with van der Waals surface area (Å²) in [6, 6.07) is 18.6. The number of benzene rings is 3. The van der Waals surface area contributed by atoms with Crippen LogP contribution < -0.4 is 28.6 Å². The average molecular weight is 511 g/mol. The van der Waals surface area contributed by atoms with Crippen LogP contribution in [-0.4, -0.2) is 53.3 Å². The van der Waals surface area contributed by atoms with Crippen molar-refractivity contribution in [3.05, 3.63) is 72.3 Å². The fraction of sp³-hybridized carbons (Fsp3) is 0.269. The molecule has 0 radical (unpaired) electrons. The summed E-state index contributed by atoms with van der Waals surface area (Å²) in [6.07, 6.45) is -1.44. The zero-order chi connectivity index (χ0) is 25.3. The molecule has 0 fully saturated rings. The lowest BCUT2D eigenvalue weighted by Crippen LogP contribution is -2.52. The van der Waals surface area contributed by atoms with E-state index in [0.29, 0.717) is 28.7 Å². The Hall–Kier alpha value is -3.92. The third-order valence-electron chi connectivity index (χ3n) is 6.00. The molecule has 0 saturated carbocycles. The second-order valence-corrected chi connectivity index (χ2v) is 10.4. The second-order valence-electron chi connectivity index (χ2n) is 8.53. The van der Waals surface area contributed by atoms with Crippen LogP contribution in [0, 0.1) is 6.92 Å². The second kappa shape index (κ2) is 9.62. The van der Waals surface area contributed by atoms with Gasteiger partial charge in [0.05, 0.1) is 30.8 Å². The van der Waals surface area contributed by atoms with Crippen molar-refractivity contribution in [3.8, 4) is 23.0 Å². The van der Waals surface area contributed by atoms with Gasteiger partial charge in [0, 0.05) is 0 Å². The van der Waals surface area contributed by atoms with Crippen LogP contribution in [0.2, 0.25) is 0 Å². The molecule has 36 heavy (non-hydrogen) atoms. The summed E-state index contributed by atoms with van der Waals surface area (Å²) >= 11 is 0. The van der Waals surface area contributed by atoms with Crippen molar-refractivity contribution in [3.63, 3.8) is 0 Å². The molecule has 3 aromatic carbocycles. The van der Waals surface area contributed by atoms with E-state index in [1.54, 1.807) is 36.4 Å². The van der Waals surface area contributed by atoms with E-state index < -0.39 is 22.0 Å². The molecule has 2 heterocycles. The molecule has 2 aliphatic rings. The Balaban J connectivity index is 1.34. The van der Waals surface area contributed by atoms with E-state index in [-0.39, 0.29) is 30.7 Å². The Morgan fingerprint density at radius 1 is 1.03 bits per heavy atom. The molecule has 188 valence electrons. The summed E-state index contributed by atoms with van der Waals surface area (Å²) in [5, 5.41) is 2.82. The first kappa shape index (κ1) is 23.8. The normalized spacial score (nSPS) is 18.6. The number of fused-ring (bicyclic) bond motifs is 2. The third kappa shape index (κ3) is 4.64. The smallest absolute Gasteiger partial charge is 0.264 e. The SMILES string of the molecule is COc1ccc(S(=O)(=O)N2C[C@H](C(=O)NC[C@H]3COc4ccccc4O3)Oc3cc(C)ccc32)cc1. The molecule has 0 aromatic heterocycles. The number of nitrogens with zero attached hydrogens (tertiary/aromatic N) is 1. The Labute approximate surface area is 209 Å². The van der Waals surface area contributed by atoms with Crippen molar-refractivity contribution in [2.75, 3.05) is 31.1 Å². The first-order chi connectivity index (χ1) is 17.3. The van der Waals surface area contributed by atoms with Crippen LogP contribution in [0.15, 0.2) is 71.6 Å². The molecule has 0 unspecified atom stereocenters. The highest BCUT2D eigenvalue weighted by atomic mass is 32.2. The van der Waals surface area contributed by atoms with Gasteiger partial charge in [-0.3, -0.25) is 9.10 Å². The van der Waals surface area contributed by atoms with Gasteiger partial charge in [0.15, 0.2) is 17.6 Å². The molecule has 1 N–H and O–H groups in total. The number of sulfonamides is 1. The maximum absolute atomic E-state index is 13.6. The standard InChI is InChI=1S/C26H26N2O7S/c1-17-7-12-21-24(13-17)35-25(15-28(21)36(30,31)20-10-8-18(32-2)9-11-20)26(29)27-14-19-16-33-22-5-3-4-6-23(22)34-19/h3-13,19,25H,14-16H2,1-2H3,(H,27,29)/t19-,25+/m0/s1. The Bertz CT molecular complexity index is 1380. The van der Waals surface area contributed by atoms with Crippen LogP contribution >= 0.6 is 0 Å². The van der Waals surface area contributed by atoms with Gasteiger partial charge in [0.2, 0.25) is 0 Å². The molecule has 9 nitrogen and oxygen atoms in total. The van der Waals surface area contributed by atoms with Crippen molar-refractivity contribution < 1.29 is 32.2 Å². The molecule has 1 amide bonds. The van der Waals surface area contributed by atoms with E-state index >= 15 is 0 Å². The lowest BCUT2D eigenvalue weighted by molar-refractivity contribution is -0.128. The average Bonchev–Trinajstić information content (AvgIpc) is 2.90. The van der Waals surface area contributed by atoms with Gasteiger partial charge in [-0.1, -0.05) is 18.2 Å². The number of ether oxygens (including phenoxy) is 4. The quantitative estimate of drug-likeness (QED) is 0.544. The lowest BCUT2D eigenvalue weighted by atomic mass is 10.1. The molecule has 0 saturated heterocycles. The third-order valence-corrected chi connectivity index (χ3v) is 7.79. The van der Waals surface area contributed by atoms with E-state index in [1.165, 1.54) is 23.5 Å². The number of carbonyl (C=O) groups is 1. The van der Waals surface area contributed by atoms with E-state index in [0.717, 1.165) is 5.56 Å². The lowest BCUT2D eigenvalue weighted by Gasteiger charge is -2.35. The minimum atomic E-state index is -3.98. The Morgan fingerprint density at radius 3 is 2.53 bits per heavy atom. The van der Waals surface area contributed by atoms with E-state index in [9.17, 15) is 13.2 Å². The van der Waals surface area contributed by atoms with E-state index in [4.69, 9.17) is 18.9 Å². The van der Waals surface area contributed by atoms with Crippen molar-refractivity contribution in [2.45, 2.75) is 24.0 Å². The van der Waals surface area contributed by atoms with Crippen LogP contribution in [0.3, 0.4) is 0 Å². The molecule has 10 heteroatoms. The predicted molar refractivity (Wildman–Crippen MR) is 132 cm³/mol.